The van der Waals surface area contributed by atoms with E-state index in [-0.39, 0.29) is 23.7 Å². The van der Waals surface area contributed by atoms with Crippen molar-refractivity contribution in [2.75, 3.05) is 18.4 Å². The van der Waals surface area contributed by atoms with E-state index in [9.17, 15) is 9.18 Å². The van der Waals surface area contributed by atoms with Crippen molar-refractivity contribution in [2.24, 2.45) is 5.92 Å². The van der Waals surface area contributed by atoms with Gasteiger partial charge in [-0.25, -0.2) is 4.39 Å². The third-order valence-electron chi connectivity index (χ3n) is 6.21. The number of halogens is 1. The fraction of sp³-hybridized carbons (Fsp3) is 0.333. The molecule has 170 valence electrons. The minimum absolute atomic E-state index is 0.0519. The number of nitrogens with one attached hydrogen (secondary N) is 1. The van der Waals surface area contributed by atoms with Gasteiger partial charge in [0.25, 0.3) is 11.9 Å². The molecule has 2 aromatic carbocycles. The highest BCUT2D eigenvalue weighted by atomic mass is 19.1. The number of carbonyl (C=O) groups is 1. The third-order valence-corrected chi connectivity index (χ3v) is 6.21. The van der Waals surface area contributed by atoms with Gasteiger partial charge in [-0.05, 0) is 49.9 Å². The molecule has 1 aliphatic heterocycles. The van der Waals surface area contributed by atoms with Gasteiger partial charge >= 0.3 is 0 Å². The Morgan fingerprint density at radius 3 is 2.85 bits per heavy atom. The zero-order chi connectivity index (χ0) is 22.9. The average molecular weight is 449 g/mol. The average Bonchev–Trinajstić information content (AvgIpc) is 3.47. The molecule has 1 saturated heterocycles. The van der Waals surface area contributed by atoms with Gasteiger partial charge in [0.15, 0.2) is 5.58 Å². The minimum atomic E-state index is -0.361. The lowest BCUT2D eigenvalue weighted by Crippen LogP contribution is -2.51. The van der Waals surface area contributed by atoms with E-state index in [0.717, 1.165) is 18.4 Å². The van der Waals surface area contributed by atoms with Crippen LogP contribution in [0.1, 0.15) is 35.7 Å². The number of piperidine rings is 1. The van der Waals surface area contributed by atoms with Crippen molar-refractivity contribution in [1.82, 2.24) is 24.9 Å². The maximum absolute atomic E-state index is 13.8. The van der Waals surface area contributed by atoms with Gasteiger partial charge in [-0.15, -0.1) is 0 Å². The van der Waals surface area contributed by atoms with Crippen LogP contribution in [0.4, 0.5) is 10.4 Å². The molecule has 4 aromatic rings. The van der Waals surface area contributed by atoms with E-state index in [0.29, 0.717) is 41.5 Å². The summed E-state index contributed by atoms with van der Waals surface area (Å²) in [5, 5.41) is 11.7. The SMILES string of the molecule is Cc1ccc(-n2nccn2)c(C(=O)N2CCC[C@@H](C)C2CNc2nc3cc(F)ccc3o2)c1. The number of hydrogen-bond donors (Lipinski definition) is 1. The van der Waals surface area contributed by atoms with E-state index in [1.54, 1.807) is 18.5 Å². The van der Waals surface area contributed by atoms with Crippen LogP contribution in [0, 0.1) is 18.7 Å². The predicted molar refractivity (Wildman–Crippen MR) is 122 cm³/mol. The smallest absolute Gasteiger partial charge is 0.295 e. The van der Waals surface area contributed by atoms with Crippen molar-refractivity contribution < 1.29 is 13.6 Å². The summed E-state index contributed by atoms with van der Waals surface area (Å²) in [4.78, 5) is 21.5. The summed E-state index contributed by atoms with van der Waals surface area (Å²) in [6.07, 6.45) is 5.15. The Kier molecular flexibility index (Phi) is 5.53. The maximum atomic E-state index is 13.8. The number of likely N-dealkylation sites (tertiary alicyclic amines) is 1. The summed E-state index contributed by atoms with van der Waals surface area (Å²) in [5.74, 6) is -0.127. The first-order valence-corrected chi connectivity index (χ1v) is 11.1. The largest absolute Gasteiger partial charge is 0.424 e. The summed E-state index contributed by atoms with van der Waals surface area (Å²) < 4.78 is 19.2. The molecule has 0 aliphatic carbocycles. The van der Waals surface area contributed by atoms with Gasteiger partial charge in [0.2, 0.25) is 0 Å². The Morgan fingerprint density at radius 1 is 1.21 bits per heavy atom. The number of amides is 1. The third kappa shape index (κ3) is 4.18. The Morgan fingerprint density at radius 2 is 2.03 bits per heavy atom. The summed E-state index contributed by atoms with van der Waals surface area (Å²) in [5.41, 5.74) is 3.19. The van der Waals surface area contributed by atoms with Gasteiger partial charge in [-0.1, -0.05) is 18.6 Å². The van der Waals surface area contributed by atoms with Gasteiger partial charge < -0.3 is 14.6 Å². The second-order valence-electron chi connectivity index (χ2n) is 8.54. The lowest BCUT2D eigenvalue weighted by Gasteiger charge is -2.40. The van der Waals surface area contributed by atoms with E-state index >= 15 is 0 Å². The molecule has 9 heteroatoms. The molecule has 1 amide bonds. The summed E-state index contributed by atoms with van der Waals surface area (Å²) >= 11 is 0. The normalized spacial score (nSPS) is 18.6. The van der Waals surface area contributed by atoms with E-state index in [2.05, 4.69) is 27.4 Å². The van der Waals surface area contributed by atoms with Gasteiger partial charge in [0.1, 0.15) is 11.3 Å². The lowest BCUT2D eigenvalue weighted by atomic mass is 9.90. The summed E-state index contributed by atoms with van der Waals surface area (Å²) in [6, 6.07) is 10.2. The van der Waals surface area contributed by atoms with Crippen LogP contribution in [-0.2, 0) is 0 Å². The Bertz CT molecular complexity index is 1290. The molecule has 0 bridgehead atoms. The first kappa shape index (κ1) is 21.1. The van der Waals surface area contributed by atoms with Crippen LogP contribution >= 0.6 is 0 Å². The van der Waals surface area contributed by atoms with Crippen molar-refractivity contribution in [3.8, 4) is 5.69 Å². The van der Waals surface area contributed by atoms with Crippen LogP contribution in [0.3, 0.4) is 0 Å². The fourth-order valence-corrected chi connectivity index (χ4v) is 4.47. The molecule has 1 fully saturated rings. The van der Waals surface area contributed by atoms with Crippen LogP contribution < -0.4 is 5.32 Å². The summed E-state index contributed by atoms with van der Waals surface area (Å²) in [6.45, 7) is 5.25. The lowest BCUT2D eigenvalue weighted by molar-refractivity contribution is 0.0539. The van der Waals surface area contributed by atoms with Crippen LogP contribution in [0.2, 0.25) is 0 Å². The Balaban J connectivity index is 1.40. The molecule has 1 aliphatic rings. The maximum Gasteiger partial charge on any atom is 0.295 e. The van der Waals surface area contributed by atoms with Gasteiger partial charge in [0, 0.05) is 19.2 Å². The molecule has 1 unspecified atom stereocenters. The van der Waals surface area contributed by atoms with Crippen molar-refractivity contribution in [3.05, 3.63) is 65.7 Å². The van der Waals surface area contributed by atoms with Crippen molar-refractivity contribution >= 4 is 23.0 Å². The number of oxazole rings is 1. The van der Waals surface area contributed by atoms with E-state index in [1.807, 2.05) is 30.0 Å². The zero-order valence-corrected chi connectivity index (χ0v) is 18.5. The molecule has 33 heavy (non-hydrogen) atoms. The van der Waals surface area contributed by atoms with E-state index in [1.165, 1.54) is 16.9 Å². The van der Waals surface area contributed by atoms with Crippen LogP contribution in [0.25, 0.3) is 16.8 Å². The number of fused-ring (bicyclic) bond motifs is 1. The molecule has 0 saturated carbocycles. The standard InChI is InChI=1S/C24H25FN6O2/c1-15-5-7-20(31-27-9-10-28-31)18(12-15)23(32)30-11-3-4-16(2)21(30)14-26-24-29-19-13-17(25)6-8-22(19)33-24/h5-10,12-13,16,21H,3-4,11,14H2,1-2H3,(H,26,29)/t16-,21?/m1/s1. The Hall–Kier alpha value is -3.75. The molecule has 0 radical (unpaired) electrons. The second-order valence-corrected chi connectivity index (χ2v) is 8.54. The number of aryl methyl sites for hydroxylation is 1. The number of aromatic nitrogens is 4. The molecular formula is C24H25FN6O2. The van der Waals surface area contributed by atoms with Crippen LogP contribution in [0.5, 0.6) is 0 Å². The number of nitrogens with zero attached hydrogens (tertiary/aromatic N) is 5. The number of benzene rings is 2. The molecule has 0 spiro atoms. The first-order valence-electron chi connectivity index (χ1n) is 11.1. The quantitative estimate of drug-likeness (QED) is 0.492. The highest BCUT2D eigenvalue weighted by molar-refractivity contribution is 5.98. The van der Waals surface area contributed by atoms with E-state index < -0.39 is 0 Å². The second kappa shape index (κ2) is 8.65. The van der Waals surface area contributed by atoms with Crippen LogP contribution in [0.15, 0.2) is 53.2 Å². The number of rotatable bonds is 5. The fourth-order valence-electron chi connectivity index (χ4n) is 4.47. The Labute approximate surface area is 190 Å². The van der Waals surface area contributed by atoms with E-state index in [4.69, 9.17) is 4.42 Å². The topological polar surface area (TPSA) is 89.1 Å². The number of hydrogen-bond acceptors (Lipinski definition) is 6. The number of anilines is 1. The molecule has 5 rings (SSSR count). The molecule has 2 aromatic heterocycles. The molecule has 2 atom stereocenters. The predicted octanol–water partition coefficient (Wildman–Crippen LogP) is 4.21. The minimum Gasteiger partial charge on any atom is -0.424 e. The zero-order valence-electron chi connectivity index (χ0n) is 18.5. The van der Waals surface area contributed by atoms with Crippen LogP contribution in [-0.4, -0.2) is 49.9 Å². The monoisotopic (exact) mass is 448 g/mol. The van der Waals surface area contributed by atoms with Crippen molar-refractivity contribution in [2.45, 2.75) is 32.7 Å². The molecule has 3 heterocycles. The summed E-state index contributed by atoms with van der Waals surface area (Å²) in [7, 11) is 0. The van der Waals surface area contributed by atoms with Gasteiger partial charge in [-0.2, -0.15) is 20.0 Å². The van der Waals surface area contributed by atoms with Crippen molar-refractivity contribution in [1.29, 1.82) is 0 Å². The molecule has 1 N–H and O–H groups in total. The van der Waals surface area contributed by atoms with Crippen molar-refractivity contribution in [3.63, 3.8) is 0 Å². The molecule has 8 nitrogen and oxygen atoms in total. The highest BCUT2D eigenvalue weighted by Crippen LogP contribution is 2.28. The van der Waals surface area contributed by atoms with Gasteiger partial charge in [0.05, 0.1) is 29.7 Å². The first-order chi connectivity index (χ1) is 16.0. The van der Waals surface area contributed by atoms with Gasteiger partial charge in [-0.3, -0.25) is 4.79 Å². The number of carbonyl (C=O) groups excluding carboxylic acids is 1. The highest BCUT2D eigenvalue weighted by Gasteiger charge is 2.33. The molecular weight excluding hydrogens is 423 g/mol.